The molecule has 28 heavy (non-hydrogen) atoms. The fourth-order valence-corrected chi connectivity index (χ4v) is 4.19. The number of fused-ring (bicyclic) bond motifs is 1. The number of piperidine rings is 1. The SMILES string of the molecule is Cc1cccc(F)c1-c1cc(NCC2CCCCN2C)c2cc(N)ncc2c1. The zero-order valence-corrected chi connectivity index (χ0v) is 16.5. The van der Waals surface area contributed by atoms with E-state index < -0.39 is 0 Å². The number of aryl methyl sites for hydroxylation is 1. The lowest BCUT2D eigenvalue weighted by Crippen LogP contribution is -2.40. The number of aromatic nitrogens is 1. The Labute approximate surface area is 165 Å². The molecule has 0 spiro atoms. The van der Waals surface area contributed by atoms with E-state index >= 15 is 0 Å². The molecule has 0 saturated carbocycles. The zero-order valence-electron chi connectivity index (χ0n) is 16.5. The molecule has 1 atom stereocenters. The van der Waals surface area contributed by atoms with Gasteiger partial charge in [0.2, 0.25) is 0 Å². The molecular weight excluding hydrogens is 351 g/mol. The number of hydrogen-bond acceptors (Lipinski definition) is 4. The molecule has 0 bridgehead atoms. The predicted molar refractivity (Wildman–Crippen MR) is 115 cm³/mol. The van der Waals surface area contributed by atoms with Crippen molar-refractivity contribution < 1.29 is 4.39 Å². The number of halogens is 1. The van der Waals surface area contributed by atoms with E-state index in [1.54, 1.807) is 12.3 Å². The molecule has 2 heterocycles. The van der Waals surface area contributed by atoms with Gasteiger partial charge in [0.1, 0.15) is 11.6 Å². The topological polar surface area (TPSA) is 54.2 Å². The van der Waals surface area contributed by atoms with Crippen LogP contribution in [0.5, 0.6) is 0 Å². The molecule has 0 amide bonds. The van der Waals surface area contributed by atoms with Crippen LogP contribution < -0.4 is 11.1 Å². The lowest BCUT2D eigenvalue weighted by Gasteiger charge is -2.33. The fraction of sp³-hybridized carbons (Fsp3) is 0.348. The first-order chi connectivity index (χ1) is 13.5. The highest BCUT2D eigenvalue weighted by molar-refractivity contribution is 5.98. The Bertz CT molecular complexity index is 981. The van der Waals surface area contributed by atoms with Gasteiger partial charge in [-0.05, 0) is 68.8 Å². The van der Waals surface area contributed by atoms with Crippen molar-refractivity contribution in [2.45, 2.75) is 32.2 Å². The van der Waals surface area contributed by atoms with Crippen LogP contribution in [0.1, 0.15) is 24.8 Å². The maximum absolute atomic E-state index is 14.6. The summed E-state index contributed by atoms with van der Waals surface area (Å²) in [7, 11) is 2.19. The van der Waals surface area contributed by atoms with E-state index in [-0.39, 0.29) is 5.82 Å². The molecule has 0 aliphatic carbocycles. The number of hydrogen-bond donors (Lipinski definition) is 2. The van der Waals surface area contributed by atoms with Gasteiger partial charge < -0.3 is 16.0 Å². The van der Waals surface area contributed by atoms with Crippen molar-refractivity contribution in [2.75, 3.05) is 31.2 Å². The summed E-state index contributed by atoms with van der Waals surface area (Å²) in [5.74, 6) is 0.279. The van der Waals surface area contributed by atoms with Crippen LogP contribution in [0.25, 0.3) is 21.9 Å². The van der Waals surface area contributed by atoms with Crippen LogP contribution in [-0.4, -0.2) is 36.1 Å². The first-order valence-electron chi connectivity index (χ1n) is 9.92. The highest BCUT2D eigenvalue weighted by Crippen LogP contribution is 2.34. The Hall–Kier alpha value is -2.66. The van der Waals surface area contributed by atoms with Crippen LogP contribution in [0.15, 0.2) is 42.6 Å². The van der Waals surface area contributed by atoms with E-state index in [9.17, 15) is 4.39 Å². The van der Waals surface area contributed by atoms with Crippen LogP contribution in [-0.2, 0) is 0 Å². The van der Waals surface area contributed by atoms with Gasteiger partial charge in [-0.15, -0.1) is 0 Å². The summed E-state index contributed by atoms with van der Waals surface area (Å²) in [5.41, 5.74) is 9.33. The quantitative estimate of drug-likeness (QED) is 0.683. The number of likely N-dealkylation sites (N-methyl/N-ethyl adjacent to an activating group) is 1. The van der Waals surface area contributed by atoms with Crippen molar-refractivity contribution in [1.82, 2.24) is 9.88 Å². The molecule has 2 aromatic carbocycles. The van der Waals surface area contributed by atoms with Crippen molar-refractivity contribution in [3.8, 4) is 11.1 Å². The predicted octanol–water partition coefficient (Wildman–Crippen LogP) is 4.83. The summed E-state index contributed by atoms with van der Waals surface area (Å²) in [6.45, 7) is 3.93. The fourth-order valence-electron chi connectivity index (χ4n) is 4.19. The molecule has 5 heteroatoms. The smallest absolute Gasteiger partial charge is 0.131 e. The maximum Gasteiger partial charge on any atom is 0.131 e. The number of benzene rings is 2. The molecule has 3 aromatic rings. The van der Waals surface area contributed by atoms with Crippen molar-refractivity contribution in [3.63, 3.8) is 0 Å². The Morgan fingerprint density at radius 1 is 1.25 bits per heavy atom. The Morgan fingerprint density at radius 2 is 2.11 bits per heavy atom. The van der Waals surface area contributed by atoms with Gasteiger partial charge in [0.15, 0.2) is 0 Å². The van der Waals surface area contributed by atoms with Crippen LogP contribution in [0.4, 0.5) is 15.9 Å². The molecule has 0 radical (unpaired) electrons. The molecule has 1 aromatic heterocycles. The second kappa shape index (κ2) is 7.76. The number of nitrogens with one attached hydrogen (secondary N) is 1. The van der Waals surface area contributed by atoms with E-state index in [0.29, 0.717) is 17.4 Å². The van der Waals surface area contributed by atoms with Crippen molar-refractivity contribution in [3.05, 3.63) is 54.0 Å². The second-order valence-corrected chi connectivity index (χ2v) is 7.80. The van der Waals surface area contributed by atoms with Crippen molar-refractivity contribution in [2.24, 2.45) is 0 Å². The molecule has 1 unspecified atom stereocenters. The van der Waals surface area contributed by atoms with Crippen LogP contribution in [0.2, 0.25) is 0 Å². The minimum atomic E-state index is -0.208. The summed E-state index contributed by atoms with van der Waals surface area (Å²) in [5, 5.41) is 5.59. The van der Waals surface area contributed by atoms with Gasteiger partial charge in [-0.25, -0.2) is 9.37 Å². The van der Waals surface area contributed by atoms with E-state index in [1.165, 1.54) is 25.3 Å². The summed E-state index contributed by atoms with van der Waals surface area (Å²) >= 11 is 0. The second-order valence-electron chi connectivity index (χ2n) is 7.80. The third kappa shape index (κ3) is 3.67. The molecule has 4 nitrogen and oxygen atoms in total. The van der Waals surface area contributed by atoms with Gasteiger partial charge in [0, 0.05) is 40.8 Å². The van der Waals surface area contributed by atoms with Gasteiger partial charge in [0.05, 0.1) is 0 Å². The lowest BCUT2D eigenvalue weighted by molar-refractivity contribution is 0.195. The largest absolute Gasteiger partial charge is 0.384 e. The normalized spacial score (nSPS) is 17.8. The number of anilines is 2. The van der Waals surface area contributed by atoms with Crippen LogP contribution >= 0.6 is 0 Å². The summed E-state index contributed by atoms with van der Waals surface area (Å²) in [6.07, 6.45) is 5.49. The number of likely N-dealkylation sites (tertiary alicyclic amines) is 1. The summed E-state index contributed by atoms with van der Waals surface area (Å²) in [4.78, 5) is 6.65. The number of rotatable bonds is 4. The van der Waals surface area contributed by atoms with Crippen LogP contribution in [0.3, 0.4) is 0 Å². The Kier molecular flexibility index (Phi) is 5.18. The molecule has 1 saturated heterocycles. The van der Waals surface area contributed by atoms with E-state index in [4.69, 9.17) is 5.73 Å². The van der Waals surface area contributed by atoms with Crippen LogP contribution in [0, 0.1) is 12.7 Å². The number of nitrogens with zero attached hydrogens (tertiary/aromatic N) is 2. The van der Waals surface area contributed by atoms with E-state index in [1.807, 2.05) is 31.2 Å². The molecule has 1 aliphatic rings. The maximum atomic E-state index is 14.6. The molecule has 1 fully saturated rings. The average molecular weight is 378 g/mol. The highest BCUT2D eigenvalue weighted by Gasteiger charge is 2.19. The molecule has 4 rings (SSSR count). The van der Waals surface area contributed by atoms with Gasteiger partial charge in [-0.1, -0.05) is 18.6 Å². The zero-order chi connectivity index (χ0) is 19.7. The minimum absolute atomic E-state index is 0.208. The van der Waals surface area contributed by atoms with E-state index in [2.05, 4.69) is 22.2 Å². The molecule has 3 N–H and O–H groups in total. The van der Waals surface area contributed by atoms with E-state index in [0.717, 1.165) is 40.7 Å². The first kappa shape index (κ1) is 18.7. The van der Waals surface area contributed by atoms with Gasteiger partial charge >= 0.3 is 0 Å². The summed E-state index contributed by atoms with van der Waals surface area (Å²) < 4.78 is 14.6. The molecular formula is C23H27FN4. The van der Waals surface area contributed by atoms with Gasteiger partial charge in [-0.2, -0.15) is 0 Å². The van der Waals surface area contributed by atoms with Gasteiger partial charge in [-0.3, -0.25) is 0 Å². The molecule has 1 aliphatic heterocycles. The minimum Gasteiger partial charge on any atom is -0.384 e. The third-order valence-corrected chi connectivity index (χ3v) is 5.82. The standard InChI is InChI=1S/C23H27FN4/c1-15-6-5-8-20(24)23(15)16-10-17-13-27-22(25)12-19(17)21(11-16)26-14-18-7-3-4-9-28(18)2/h5-6,8,10-13,18,26H,3-4,7,9,14H2,1-2H3,(H2,25,27). The first-order valence-corrected chi connectivity index (χ1v) is 9.92. The van der Waals surface area contributed by atoms with Crippen molar-refractivity contribution >= 4 is 22.3 Å². The highest BCUT2D eigenvalue weighted by atomic mass is 19.1. The average Bonchev–Trinajstić information content (AvgIpc) is 2.67. The number of nitrogen functional groups attached to an aromatic ring is 1. The number of nitrogens with two attached hydrogens (primary N) is 1. The molecule has 146 valence electrons. The third-order valence-electron chi connectivity index (χ3n) is 5.82. The Morgan fingerprint density at radius 3 is 2.89 bits per heavy atom. The number of pyridine rings is 1. The Balaban J connectivity index is 1.76. The lowest BCUT2D eigenvalue weighted by atomic mass is 9.96. The van der Waals surface area contributed by atoms with Gasteiger partial charge in [0.25, 0.3) is 0 Å². The monoisotopic (exact) mass is 378 g/mol. The van der Waals surface area contributed by atoms with Crippen molar-refractivity contribution in [1.29, 1.82) is 0 Å². The summed E-state index contributed by atoms with van der Waals surface area (Å²) in [6, 6.07) is 11.6.